The number of hydrogen-bond acceptors (Lipinski definition) is 11. The molecule has 9 nitrogen and oxygen atoms in total. The van der Waals surface area contributed by atoms with Gasteiger partial charge in [0, 0.05) is 52.2 Å². The van der Waals surface area contributed by atoms with Crippen LogP contribution in [-0.4, -0.2) is 43.2 Å². The fraction of sp³-hybridized carbons (Fsp3) is 0.282. The highest BCUT2D eigenvalue weighted by atomic mass is 35.5. The molecule has 0 atom stereocenters. The lowest BCUT2D eigenvalue weighted by atomic mass is 9.97. The molecule has 1 aromatic carbocycles. The molecule has 6 aromatic heterocycles. The Bertz CT molecular complexity index is 2370. The maximum atomic E-state index is 6.43. The number of anilines is 1. The number of halogens is 1. The summed E-state index contributed by atoms with van der Waals surface area (Å²) >= 11 is 10.0. The third-order valence-corrected chi connectivity index (χ3v) is 12.2. The second-order valence-electron chi connectivity index (χ2n) is 12.9. The van der Waals surface area contributed by atoms with Crippen LogP contribution in [0.3, 0.4) is 0 Å². The van der Waals surface area contributed by atoms with Gasteiger partial charge in [-0.05, 0) is 111 Å². The Morgan fingerprint density at radius 2 is 1.31 bits per heavy atom. The molecule has 0 radical (unpaired) electrons. The molecule has 2 aliphatic carbocycles. The van der Waals surface area contributed by atoms with Gasteiger partial charge in [-0.3, -0.25) is 9.97 Å². The SMILES string of the molecule is Clc1nc(-c2cccnc2)nc2sc3c(c12)CCCC3.c1cncc(-c2nc(NCCc3ccc4c(c3)OCO4)c3c4c(sc3n2)CCCC4)c1. The zero-order valence-corrected chi connectivity index (χ0v) is 30.2. The number of fused-ring (bicyclic) bond motifs is 7. The fourth-order valence-electron chi connectivity index (χ4n) is 7.07. The minimum absolute atomic E-state index is 0.302. The summed E-state index contributed by atoms with van der Waals surface area (Å²) in [4.78, 5) is 32.4. The normalized spacial score (nSPS) is 14.5. The van der Waals surface area contributed by atoms with Crippen molar-refractivity contribution in [2.24, 2.45) is 0 Å². The number of nitrogens with one attached hydrogen (secondary N) is 1. The van der Waals surface area contributed by atoms with Gasteiger partial charge in [-0.25, -0.2) is 19.9 Å². The summed E-state index contributed by atoms with van der Waals surface area (Å²) in [5.41, 5.74) is 5.87. The number of benzene rings is 1. The van der Waals surface area contributed by atoms with E-state index in [0.29, 0.717) is 17.8 Å². The molecule has 12 heteroatoms. The van der Waals surface area contributed by atoms with Crippen LogP contribution in [0.5, 0.6) is 11.5 Å². The molecule has 7 aromatic rings. The molecule has 51 heavy (non-hydrogen) atoms. The van der Waals surface area contributed by atoms with Crippen molar-refractivity contribution >= 4 is 60.5 Å². The topological polar surface area (TPSA) is 108 Å². The second-order valence-corrected chi connectivity index (χ2v) is 15.4. The van der Waals surface area contributed by atoms with Crippen molar-refractivity contribution < 1.29 is 9.47 Å². The molecule has 3 aliphatic rings. The molecule has 0 saturated carbocycles. The van der Waals surface area contributed by atoms with Gasteiger partial charge >= 0.3 is 0 Å². The van der Waals surface area contributed by atoms with E-state index in [0.717, 1.165) is 88.0 Å². The van der Waals surface area contributed by atoms with Crippen LogP contribution in [0.15, 0.2) is 67.3 Å². The monoisotopic (exact) mass is 731 g/mol. The predicted octanol–water partition coefficient (Wildman–Crippen LogP) is 9.30. The Morgan fingerprint density at radius 3 is 2.00 bits per heavy atom. The van der Waals surface area contributed by atoms with Crippen molar-refractivity contribution in [2.45, 2.75) is 57.8 Å². The number of aryl methyl sites for hydroxylation is 4. The quantitative estimate of drug-likeness (QED) is 0.168. The lowest BCUT2D eigenvalue weighted by molar-refractivity contribution is 0.174. The van der Waals surface area contributed by atoms with Gasteiger partial charge in [0.05, 0.1) is 10.8 Å². The van der Waals surface area contributed by atoms with Crippen LogP contribution in [0, 0.1) is 0 Å². The van der Waals surface area contributed by atoms with Gasteiger partial charge in [-0.15, -0.1) is 22.7 Å². The van der Waals surface area contributed by atoms with Crippen LogP contribution < -0.4 is 14.8 Å². The Labute approximate surface area is 308 Å². The van der Waals surface area contributed by atoms with Gasteiger partial charge in [0.2, 0.25) is 6.79 Å². The zero-order chi connectivity index (χ0) is 34.1. The van der Waals surface area contributed by atoms with Crippen LogP contribution in [0.4, 0.5) is 5.82 Å². The number of hydrogen-bond donors (Lipinski definition) is 1. The van der Waals surface area contributed by atoms with E-state index >= 15 is 0 Å². The molecule has 256 valence electrons. The highest BCUT2D eigenvalue weighted by molar-refractivity contribution is 7.19. The maximum absolute atomic E-state index is 6.43. The van der Waals surface area contributed by atoms with Gasteiger partial charge in [0.25, 0.3) is 0 Å². The van der Waals surface area contributed by atoms with Crippen LogP contribution in [-0.2, 0) is 32.1 Å². The first kappa shape index (κ1) is 32.2. The van der Waals surface area contributed by atoms with Gasteiger partial charge in [0.1, 0.15) is 20.6 Å². The van der Waals surface area contributed by atoms with Crippen molar-refractivity contribution in [1.29, 1.82) is 0 Å². The predicted molar refractivity (Wildman–Crippen MR) is 204 cm³/mol. The number of aromatic nitrogens is 6. The van der Waals surface area contributed by atoms with Crippen molar-refractivity contribution in [1.82, 2.24) is 29.9 Å². The van der Waals surface area contributed by atoms with Crippen LogP contribution in [0.2, 0.25) is 5.15 Å². The van der Waals surface area contributed by atoms with E-state index in [1.54, 1.807) is 29.9 Å². The maximum Gasteiger partial charge on any atom is 0.231 e. The number of ether oxygens (including phenoxy) is 2. The average molecular weight is 732 g/mol. The van der Waals surface area contributed by atoms with E-state index in [2.05, 4.69) is 32.4 Å². The zero-order valence-electron chi connectivity index (χ0n) is 27.8. The van der Waals surface area contributed by atoms with E-state index in [9.17, 15) is 0 Å². The second kappa shape index (κ2) is 14.1. The Morgan fingerprint density at radius 1 is 0.686 bits per heavy atom. The molecule has 0 unspecified atom stereocenters. The number of pyridine rings is 2. The average Bonchev–Trinajstić information content (AvgIpc) is 3.91. The molecule has 0 spiro atoms. The summed E-state index contributed by atoms with van der Waals surface area (Å²) in [5, 5.41) is 6.47. The van der Waals surface area contributed by atoms with E-state index in [1.807, 2.05) is 47.9 Å². The van der Waals surface area contributed by atoms with Gasteiger partial charge in [-0.2, -0.15) is 0 Å². The number of thiophene rings is 2. The highest BCUT2D eigenvalue weighted by Crippen LogP contribution is 2.41. The third-order valence-electron chi connectivity index (χ3n) is 9.57. The van der Waals surface area contributed by atoms with Crippen molar-refractivity contribution in [3.63, 3.8) is 0 Å². The standard InChI is InChI=1S/C24H22N4O2S.C15H12ClN3S/c1-2-6-20-17(5-1)21-23(26-11-9-15-7-8-18-19(12-15)30-14-29-18)27-22(28-24(21)31-20)16-4-3-10-25-13-16;16-13-12-10-5-1-2-6-11(10)20-15(12)19-14(18-13)9-4-3-7-17-8-9/h3-4,7-8,10,12-13H,1-2,5-6,9,11,14H2,(H,26,27,28);3-4,7-8H,1-2,5-6H2. The first-order chi connectivity index (χ1) is 25.2. The first-order valence-corrected chi connectivity index (χ1v) is 19.4. The van der Waals surface area contributed by atoms with Crippen LogP contribution in [0.1, 0.15) is 52.1 Å². The molecular weight excluding hydrogens is 698 g/mol. The molecule has 10 rings (SSSR count). The fourth-order valence-corrected chi connectivity index (χ4v) is 9.93. The van der Waals surface area contributed by atoms with Crippen LogP contribution in [0.25, 0.3) is 43.2 Å². The van der Waals surface area contributed by atoms with Gasteiger partial charge in [0.15, 0.2) is 23.1 Å². The number of nitrogens with zero attached hydrogens (tertiary/aromatic N) is 6. The first-order valence-electron chi connectivity index (χ1n) is 17.4. The lowest BCUT2D eigenvalue weighted by Crippen LogP contribution is -2.09. The third kappa shape index (κ3) is 6.50. The smallest absolute Gasteiger partial charge is 0.231 e. The molecule has 0 fully saturated rings. The molecule has 0 bridgehead atoms. The van der Waals surface area contributed by atoms with Gasteiger partial charge < -0.3 is 14.8 Å². The molecule has 7 heterocycles. The molecule has 0 saturated heterocycles. The van der Waals surface area contributed by atoms with Crippen molar-refractivity contribution in [2.75, 3.05) is 18.7 Å². The summed E-state index contributed by atoms with van der Waals surface area (Å²) in [5.74, 6) is 3.97. The molecular formula is C39H34ClN7O2S2. The van der Waals surface area contributed by atoms with Crippen LogP contribution >= 0.6 is 34.3 Å². The van der Waals surface area contributed by atoms with Gasteiger partial charge in [-0.1, -0.05) is 17.7 Å². The van der Waals surface area contributed by atoms with Crippen molar-refractivity contribution in [3.8, 4) is 34.3 Å². The minimum atomic E-state index is 0.302. The lowest BCUT2D eigenvalue weighted by Gasteiger charge is -2.13. The summed E-state index contributed by atoms with van der Waals surface area (Å²) in [6.45, 7) is 1.08. The minimum Gasteiger partial charge on any atom is -0.454 e. The van der Waals surface area contributed by atoms with E-state index in [1.165, 1.54) is 57.5 Å². The summed E-state index contributed by atoms with van der Waals surface area (Å²) < 4.78 is 10.9. The van der Waals surface area contributed by atoms with E-state index in [4.69, 9.17) is 36.0 Å². The van der Waals surface area contributed by atoms with E-state index < -0.39 is 0 Å². The highest BCUT2D eigenvalue weighted by Gasteiger charge is 2.23. The summed E-state index contributed by atoms with van der Waals surface area (Å²) in [6.07, 6.45) is 17.5. The number of rotatable bonds is 6. The molecule has 1 aliphatic heterocycles. The molecule has 1 N–H and O–H groups in total. The molecule has 0 amide bonds. The Hall–Kier alpha value is -4.71. The van der Waals surface area contributed by atoms with E-state index in [-0.39, 0.29) is 0 Å². The summed E-state index contributed by atoms with van der Waals surface area (Å²) in [6, 6.07) is 13.9. The van der Waals surface area contributed by atoms with Crippen molar-refractivity contribution in [3.05, 3.63) is 98.8 Å². The Balaban J connectivity index is 0.000000150. The Kier molecular flexibility index (Phi) is 8.93. The largest absolute Gasteiger partial charge is 0.454 e. The summed E-state index contributed by atoms with van der Waals surface area (Å²) in [7, 11) is 0.